The molecule has 1 nitrogen and oxygen atoms in total. The summed E-state index contributed by atoms with van der Waals surface area (Å²) in [5.41, 5.74) is 3.75. The molecule has 2 saturated carbocycles. The molecular formula is C23H38O. The highest BCUT2D eigenvalue weighted by Crippen LogP contribution is 2.56. The van der Waals surface area contributed by atoms with Gasteiger partial charge in [-0.2, -0.15) is 0 Å². The van der Waals surface area contributed by atoms with Crippen LogP contribution < -0.4 is 0 Å². The Labute approximate surface area is 150 Å². The van der Waals surface area contributed by atoms with E-state index in [-0.39, 0.29) is 0 Å². The van der Waals surface area contributed by atoms with E-state index in [9.17, 15) is 4.79 Å². The lowest BCUT2D eigenvalue weighted by Crippen LogP contribution is -1.97. The molecule has 0 aromatic heterocycles. The molecule has 1 heteroatoms. The van der Waals surface area contributed by atoms with Crippen molar-refractivity contribution in [2.24, 2.45) is 22.7 Å². The number of allylic oxidation sites excluding steroid dienone is 5. The zero-order valence-electron chi connectivity index (χ0n) is 16.8. The van der Waals surface area contributed by atoms with E-state index in [1.54, 1.807) is 0 Å². The van der Waals surface area contributed by atoms with Crippen molar-refractivity contribution in [2.75, 3.05) is 0 Å². The fraction of sp³-hybridized carbons (Fsp3) is 0.696. The Balaban J connectivity index is 0.000000240. The average Bonchev–Trinajstić information content (AvgIpc) is 3.34. The predicted octanol–water partition coefficient (Wildman–Crippen LogP) is 6.90. The smallest absolute Gasteiger partial charge is 0.123 e. The quantitative estimate of drug-likeness (QED) is 0.349. The van der Waals surface area contributed by atoms with Gasteiger partial charge in [0.1, 0.15) is 6.29 Å². The molecule has 24 heavy (non-hydrogen) atoms. The summed E-state index contributed by atoms with van der Waals surface area (Å²) in [7, 11) is 0. The van der Waals surface area contributed by atoms with Gasteiger partial charge in [0.15, 0.2) is 0 Å². The largest absolute Gasteiger partial charge is 0.303 e. The van der Waals surface area contributed by atoms with Crippen molar-refractivity contribution in [2.45, 2.75) is 80.1 Å². The summed E-state index contributed by atoms with van der Waals surface area (Å²) in [5, 5.41) is 0. The van der Waals surface area contributed by atoms with E-state index >= 15 is 0 Å². The molecule has 2 fully saturated rings. The Morgan fingerprint density at radius 2 is 1.33 bits per heavy atom. The van der Waals surface area contributed by atoms with Gasteiger partial charge >= 0.3 is 0 Å². The lowest BCUT2D eigenvalue weighted by molar-refractivity contribution is -0.109. The van der Waals surface area contributed by atoms with Crippen LogP contribution in [0.5, 0.6) is 0 Å². The first-order valence-corrected chi connectivity index (χ1v) is 9.51. The molecule has 0 amide bonds. The molecule has 136 valence electrons. The molecule has 2 aliphatic carbocycles. The fourth-order valence-electron chi connectivity index (χ4n) is 3.42. The zero-order chi connectivity index (χ0) is 18.4. The highest BCUT2D eigenvalue weighted by molar-refractivity contribution is 5.59. The molecule has 0 unspecified atom stereocenters. The van der Waals surface area contributed by atoms with Crippen LogP contribution in [0.25, 0.3) is 0 Å². The molecule has 0 N–H and O–H groups in total. The summed E-state index contributed by atoms with van der Waals surface area (Å²) in [6, 6.07) is 0. The van der Waals surface area contributed by atoms with Gasteiger partial charge in [-0.3, -0.25) is 0 Å². The van der Waals surface area contributed by atoms with Crippen LogP contribution in [-0.4, -0.2) is 6.29 Å². The topological polar surface area (TPSA) is 17.1 Å². The Kier molecular flexibility index (Phi) is 7.70. The van der Waals surface area contributed by atoms with E-state index in [4.69, 9.17) is 0 Å². The minimum absolute atomic E-state index is 0.341. The van der Waals surface area contributed by atoms with Gasteiger partial charge in [0.05, 0.1) is 0 Å². The van der Waals surface area contributed by atoms with Gasteiger partial charge in [0.25, 0.3) is 0 Å². The van der Waals surface area contributed by atoms with E-state index in [0.29, 0.717) is 16.7 Å². The van der Waals surface area contributed by atoms with Crippen LogP contribution in [-0.2, 0) is 4.79 Å². The van der Waals surface area contributed by atoms with Crippen molar-refractivity contribution in [1.29, 1.82) is 0 Å². The summed E-state index contributed by atoms with van der Waals surface area (Å²) in [6.45, 7) is 17.0. The van der Waals surface area contributed by atoms with Gasteiger partial charge in [0, 0.05) is 5.92 Å². The fourth-order valence-corrected chi connectivity index (χ4v) is 3.42. The molecule has 0 aromatic carbocycles. The summed E-state index contributed by atoms with van der Waals surface area (Å²) in [5.74, 6) is 1.14. The Morgan fingerprint density at radius 1 is 0.917 bits per heavy atom. The third kappa shape index (κ3) is 6.79. The number of carbonyl (C=O) groups is 1. The normalized spacial score (nSPS) is 32.8. The van der Waals surface area contributed by atoms with Crippen LogP contribution >= 0.6 is 0 Å². The highest BCUT2D eigenvalue weighted by Gasteiger charge is 2.48. The first kappa shape index (κ1) is 20.9. The second kappa shape index (κ2) is 8.83. The molecule has 0 spiro atoms. The average molecular weight is 331 g/mol. The molecule has 4 atom stereocenters. The van der Waals surface area contributed by atoms with Crippen molar-refractivity contribution in [3.8, 4) is 0 Å². The van der Waals surface area contributed by atoms with Crippen LogP contribution in [0.2, 0.25) is 0 Å². The molecule has 0 saturated heterocycles. The minimum Gasteiger partial charge on any atom is -0.303 e. The van der Waals surface area contributed by atoms with Gasteiger partial charge in [-0.25, -0.2) is 0 Å². The van der Waals surface area contributed by atoms with E-state index in [0.717, 1.165) is 25.0 Å². The maximum absolute atomic E-state index is 10.5. The molecule has 0 aliphatic heterocycles. The Hall–Kier alpha value is -1.11. The van der Waals surface area contributed by atoms with Gasteiger partial charge in [-0.05, 0) is 83.0 Å². The van der Waals surface area contributed by atoms with Crippen molar-refractivity contribution in [3.05, 3.63) is 36.0 Å². The van der Waals surface area contributed by atoms with Crippen molar-refractivity contribution >= 4 is 6.29 Å². The van der Waals surface area contributed by atoms with E-state index in [1.165, 1.54) is 36.8 Å². The van der Waals surface area contributed by atoms with Gasteiger partial charge in [-0.1, -0.05) is 43.2 Å². The minimum atomic E-state index is 0.341. The molecule has 0 heterocycles. The number of rotatable bonds is 8. The number of aldehydes is 1. The van der Waals surface area contributed by atoms with Gasteiger partial charge in [-0.15, -0.1) is 6.58 Å². The van der Waals surface area contributed by atoms with Gasteiger partial charge in [0.2, 0.25) is 0 Å². The molecular weight excluding hydrogens is 292 g/mol. The van der Waals surface area contributed by atoms with Crippen LogP contribution in [0.3, 0.4) is 0 Å². The first-order chi connectivity index (χ1) is 11.2. The summed E-state index contributed by atoms with van der Waals surface area (Å²) < 4.78 is 0. The maximum Gasteiger partial charge on any atom is 0.123 e. The Bertz CT molecular complexity index is 444. The number of hydrogen-bond acceptors (Lipinski definition) is 1. The van der Waals surface area contributed by atoms with E-state index < -0.39 is 0 Å². The Morgan fingerprint density at radius 3 is 1.62 bits per heavy atom. The summed E-state index contributed by atoms with van der Waals surface area (Å²) in [4.78, 5) is 10.5. The monoisotopic (exact) mass is 330 g/mol. The SMILES string of the molecule is C=C[C@@H]1C[C@@]1(C)CCC=C(C)C.CC(C)=CCC[C@@]1(C)C[C@@H]1C=O. The van der Waals surface area contributed by atoms with Crippen molar-refractivity contribution in [1.82, 2.24) is 0 Å². The van der Waals surface area contributed by atoms with Crippen LogP contribution in [0, 0.1) is 22.7 Å². The molecule has 0 radical (unpaired) electrons. The second-order valence-electron chi connectivity index (χ2n) is 8.94. The van der Waals surface area contributed by atoms with Crippen LogP contribution in [0.4, 0.5) is 0 Å². The van der Waals surface area contributed by atoms with E-state index in [1.807, 2.05) is 0 Å². The third-order valence-electron chi connectivity index (χ3n) is 5.83. The maximum atomic E-state index is 10.5. The van der Waals surface area contributed by atoms with Crippen molar-refractivity contribution < 1.29 is 4.79 Å². The van der Waals surface area contributed by atoms with Crippen molar-refractivity contribution in [3.63, 3.8) is 0 Å². The summed E-state index contributed by atoms with van der Waals surface area (Å²) >= 11 is 0. The highest BCUT2D eigenvalue weighted by atomic mass is 16.1. The molecule has 2 aliphatic rings. The van der Waals surface area contributed by atoms with E-state index in [2.05, 4.69) is 66.3 Å². The summed E-state index contributed by atoms with van der Waals surface area (Å²) in [6.07, 6.45) is 15.1. The third-order valence-corrected chi connectivity index (χ3v) is 5.83. The predicted molar refractivity (Wildman–Crippen MR) is 106 cm³/mol. The van der Waals surface area contributed by atoms with Crippen LogP contribution in [0.1, 0.15) is 80.1 Å². The molecule has 0 bridgehead atoms. The first-order valence-electron chi connectivity index (χ1n) is 9.51. The lowest BCUT2D eigenvalue weighted by atomic mass is 9.99. The molecule has 0 aromatic rings. The van der Waals surface area contributed by atoms with Gasteiger partial charge < -0.3 is 4.79 Å². The standard InChI is InChI=1S/C12H20.C11H18O/c1-5-11-9-12(11,4)8-6-7-10(2)3;1-9(2)5-4-6-11(3)7-10(11)8-12/h5,7,11H,1,6,8-9H2,2-4H3;5,8,10H,4,6-7H2,1-3H3/t11-,12-;10-,11+/m11/s1. The lowest BCUT2D eigenvalue weighted by Gasteiger charge is -2.06. The second-order valence-corrected chi connectivity index (χ2v) is 8.94. The zero-order valence-corrected chi connectivity index (χ0v) is 16.8. The number of carbonyl (C=O) groups excluding carboxylic acids is 1. The number of hydrogen-bond donors (Lipinski definition) is 0. The molecule has 2 rings (SSSR count). The van der Waals surface area contributed by atoms with Crippen LogP contribution in [0.15, 0.2) is 36.0 Å².